The van der Waals surface area contributed by atoms with Crippen molar-refractivity contribution in [2.75, 3.05) is 12.4 Å². The predicted molar refractivity (Wildman–Crippen MR) is 94.3 cm³/mol. The van der Waals surface area contributed by atoms with Gasteiger partial charge in [-0.05, 0) is 43.3 Å². The van der Waals surface area contributed by atoms with Crippen LogP contribution in [0.5, 0.6) is 5.75 Å². The molecule has 0 saturated heterocycles. The largest absolute Gasteiger partial charge is 0.494 e. The van der Waals surface area contributed by atoms with Crippen molar-refractivity contribution in [2.45, 2.75) is 17.9 Å². The van der Waals surface area contributed by atoms with E-state index in [1.54, 1.807) is 0 Å². The number of hydrogen-bond acceptors (Lipinski definition) is 6. The van der Waals surface area contributed by atoms with Crippen LogP contribution in [0.1, 0.15) is 17.3 Å². The molecule has 0 saturated carbocycles. The quantitative estimate of drug-likeness (QED) is 0.716. The summed E-state index contributed by atoms with van der Waals surface area (Å²) in [5.41, 5.74) is 0.0640. The highest BCUT2D eigenvalue weighted by Crippen LogP contribution is 2.19. The van der Waals surface area contributed by atoms with Crippen LogP contribution in [0.2, 0.25) is 0 Å². The Balaban J connectivity index is 2.05. The van der Waals surface area contributed by atoms with Crippen LogP contribution < -0.4 is 15.2 Å². The molecular formula is C17H17FN2O6S. The second-order valence-corrected chi connectivity index (χ2v) is 7.02. The van der Waals surface area contributed by atoms with Crippen molar-refractivity contribution in [3.05, 3.63) is 53.8 Å². The van der Waals surface area contributed by atoms with Gasteiger partial charge in [0, 0.05) is 5.69 Å². The summed E-state index contributed by atoms with van der Waals surface area (Å²) in [5, 5.41) is 7.44. The Morgan fingerprint density at radius 3 is 2.48 bits per heavy atom. The lowest BCUT2D eigenvalue weighted by molar-refractivity contribution is -0.123. The first-order chi connectivity index (χ1) is 12.6. The number of esters is 1. The normalized spacial score (nSPS) is 12.1. The molecule has 0 unspecified atom stereocenters. The van der Waals surface area contributed by atoms with Crippen molar-refractivity contribution in [3.8, 4) is 5.75 Å². The molecule has 0 aromatic heterocycles. The zero-order chi connectivity index (χ0) is 20.2. The lowest BCUT2D eigenvalue weighted by Gasteiger charge is -2.14. The maximum Gasteiger partial charge on any atom is 0.339 e. The van der Waals surface area contributed by atoms with E-state index < -0.39 is 33.8 Å². The first kappa shape index (κ1) is 20.3. The number of rotatable bonds is 6. The molecule has 2 rings (SSSR count). The maximum absolute atomic E-state index is 13.7. The van der Waals surface area contributed by atoms with Gasteiger partial charge in [-0.3, -0.25) is 4.79 Å². The highest BCUT2D eigenvalue weighted by molar-refractivity contribution is 7.89. The number of ether oxygens (including phenoxy) is 2. The highest BCUT2D eigenvalue weighted by atomic mass is 32.2. The van der Waals surface area contributed by atoms with E-state index in [1.165, 1.54) is 50.4 Å². The Kier molecular flexibility index (Phi) is 6.13. The summed E-state index contributed by atoms with van der Waals surface area (Å²) in [6.45, 7) is 1.32. The average Bonchev–Trinajstić information content (AvgIpc) is 2.61. The Morgan fingerprint density at radius 1 is 1.19 bits per heavy atom. The molecule has 1 amide bonds. The third-order valence-corrected chi connectivity index (χ3v) is 4.38. The van der Waals surface area contributed by atoms with Gasteiger partial charge in [0.05, 0.1) is 17.6 Å². The Morgan fingerprint density at radius 2 is 1.89 bits per heavy atom. The molecule has 0 aliphatic rings. The van der Waals surface area contributed by atoms with Gasteiger partial charge in [-0.25, -0.2) is 22.7 Å². The first-order valence-corrected chi connectivity index (χ1v) is 9.14. The van der Waals surface area contributed by atoms with Gasteiger partial charge in [0.2, 0.25) is 10.0 Å². The monoisotopic (exact) mass is 396 g/mol. The Bertz CT molecular complexity index is 977. The minimum absolute atomic E-state index is 0.0351. The number of hydrogen-bond donors (Lipinski definition) is 2. The van der Waals surface area contributed by atoms with Crippen LogP contribution in [0.4, 0.5) is 10.1 Å². The van der Waals surface area contributed by atoms with Crippen molar-refractivity contribution < 1.29 is 31.9 Å². The molecule has 0 radical (unpaired) electrons. The fourth-order valence-corrected chi connectivity index (χ4v) is 2.63. The zero-order valence-electron chi connectivity index (χ0n) is 14.4. The lowest BCUT2D eigenvalue weighted by Crippen LogP contribution is -2.30. The summed E-state index contributed by atoms with van der Waals surface area (Å²) in [7, 11) is -2.64. The standard InChI is InChI=1S/C17H17FN2O6S/c1-10(26-17(22)11-6-7-15(25-2)14(18)8-11)16(21)20-12-4-3-5-13(9-12)27(19,23)24/h3-10H,1-2H3,(H,20,21)(H2,19,23,24)/t10-/m0/s1. The number of amides is 1. The summed E-state index contributed by atoms with van der Waals surface area (Å²) < 4.78 is 46.1. The molecule has 3 N–H and O–H groups in total. The van der Waals surface area contributed by atoms with E-state index in [-0.39, 0.29) is 21.9 Å². The molecule has 2 aromatic rings. The third-order valence-electron chi connectivity index (χ3n) is 3.47. The number of anilines is 1. The van der Waals surface area contributed by atoms with E-state index in [0.717, 1.165) is 6.07 Å². The number of halogens is 1. The molecule has 0 heterocycles. The van der Waals surface area contributed by atoms with E-state index in [4.69, 9.17) is 14.6 Å². The average molecular weight is 396 g/mol. The third kappa shape index (κ3) is 5.25. The van der Waals surface area contributed by atoms with Crippen molar-refractivity contribution in [1.29, 1.82) is 0 Å². The molecule has 1 atom stereocenters. The second-order valence-electron chi connectivity index (χ2n) is 5.46. The van der Waals surface area contributed by atoms with E-state index in [2.05, 4.69) is 5.32 Å². The van der Waals surface area contributed by atoms with E-state index in [1.807, 2.05) is 0 Å². The van der Waals surface area contributed by atoms with Crippen LogP contribution in [0.25, 0.3) is 0 Å². The van der Waals surface area contributed by atoms with E-state index in [9.17, 15) is 22.4 Å². The number of primary sulfonamides is 1. The van der Waals surface area contributed by atoms with Crippen molar-refractivity contribution in [2.24, 2.45) is 5.14 Å². The molecule has 0 aliphatic heterocycles. The molecule has 8 nitrogen and oxygen atoms in total. The molecule has 144 valence electrons. The fourth-order valence-electron chi connectivity index (χ4n) is 2.07. The van der Waals surface area contributed by atoms with E-state index >= 15 is 0 Å². The summed E-state index contributed by atoms with van der Waals surface area (Å²) in [4.78, 5) is 24.0. The number of nitrogens with two attached hydrogens (primary N) is 1. The van der Waals surface area contributed by atoms with Gasteiger partial charge >= 0.3 is 5.97 Å². The minimum Gasteiger partial charge on any atom is -0.494 e. The smallest absolute Gasteiger partial charge is 0.339 e. The minimum atomic E-state index is -3.93. The molecule has 27 heavy (non-hydrogen) atoms. The maximum atomic E-state index is 13.7. The Hall–Kier alpha value is -2.98. The molecule has 2 aromatic carbocycles. The molecule has 0 spiro atoms. The lowest BCUT2D eigenvalue weighted by atomic mass is 10.2. The van der Waals surface area contributed by atoms with Crippen LogP contribution >= 0.6 is 0 Å². The van der Waals surface area contributed by atoms with E-state index in [0.29, 0.717) is 0 Å². The fraction of sp³-hybridized carbons (Fsp3) is 0.176. The summed E-state index contributed by atoms with van der Waals surface area (Å²) in [5.74, 6) is -2.39. The van der Waals surface area contributed by atoms with Gasteiger partial charge in [0.25, 0.3) is 5.91 Å². The van der Waals surface area contributed by atoms with Gasteiger partial charge in [-0.2, -0.15) is 0 Å². The summed E-state index contributed by atoms with van der Waals surface area (Å²) in [6, 6.07) is 8.76. The highest BCUT2D eigenvalue weighted by Gasteiger charge is 2.20. The second kappa shape index (κ2) is 8.14. The van der Waals surface area contributed by atoms with Crippen LogP contribution in [-0.2, 0) is 19.6 Å². The van der Waals surface area contributed by atoms with Crippen LogP contribution in [-0.4, -0.2) is 33.5 Å². The van der Waals surface area contributed by atoms with Crippen LogP contribution in [0, 0.1) is 5.82 Å². The number of nitrogens with one attached hydrogen (secondary N) is 1. The zero-order valence-corrected chi connectivity index (χ0v) is 15.2. The molecule has 0 aliphatic carbocycles. The SMILES string of the molecule is COc1ccc(C(=O)O[C@@H](C)C(=O)Nc2cccc(S(N)(=O)=O)c2)cc1F. The molecule has 0 fully saturated rings. The number of benzene rings is 2. The van der Waals surface area contributed by atoms with Gasteiger partial charge in [0.1, 0.15) is 0 Å². The van der Waals surface area contributed by atoms with Crippen molar-refractivity contribution in [1.82, 2.24) is 0 Å². The van der Waals surface area contributed by atoms with Gasteiger partial charge in [0.15, 0.2) is 17.7 Å². The molecular weight excluding hydrogens is 379 g/mol. The summed E-state index contributed by atoms with van der Waals surface area (Å²) >= 11 is 0. The number of carbonyl (C=O) groups excluding carboxylic acids is 2. The Labute approximate surface area is 155 Å². The molecule has 0 bridgehead atoms. The van der Waals surface area contributed by atoms with Gasteiger partial charge in [-0.1, -0.05) is 6.07 Å². The van der Waals surface area contributed by atoms with Crippen molar-refractivity contribution >= 4 is 27.6 Å². The van der Waals surface area contributed by atoms with Gasteiger partial charge < -0.3 is 14.8 Å². The summed E-state index contributed by atoms with van der Waals surface area (Å²) in [6.07, 6.45) is -1.22. The number of sulfonamides is 1. The van der Waals surface area contributed by atoms with Gasteiger partial charge in [-0.15, -0.1) is 0 Å². The van der Waals surface area contributed by atoms with Crippen LogP contribution in [0.15, 0.2) is 47.4 Å². The van der Waals surface area contributed by atoms with Crippen LogP contribution in [0.3, 0.4) is 0 Å². The number of methoxy groups -OCH3 is 1. The van der Waals surface area contributed by atoms with Crippen molar-refractivity contribution in [3.63, 3.8) is 0 Å². The number of carbonyl (C=O) groups is 2. The predicted octanol–water partition coefficient (Wildman–Crippen LogP) is 1.67. The first-order valence-electron chi connectivity index (χ1n) is 7.60. The topological polar surface area (TPSA) is 125 Å². The molecule has 10 heteroatoms.